The number of nitrogens with one attached hydrogen (secondary N) is 2. The Morgan fingerprint density at radius 2 is 1.58 bits per heavy atom. The van der Waals surface area contributed by atoms with Gasteiger partial charge in [-0.3, -0.25) is 14.5 Å². The van der Waals surface area contributed by atoms with Gasteiger partial charge in [-0.15, -0.1) is 0 Å². The molecule has 2 amide bonds. The molecule has 0 fully saturated rings. The summed E-state index contributed by atoms with van der Waals surface area (Å²) >= 11 is 0. The Labute approximate surface area is 180 Å². The average Bonchev–Trinajstić information content (AvgIpc) is 2.78. The molecular weight excluding hydrogens is 394 g/mol. The minimum Gasteiger partial charge on any atom is -0.486 e. The van der Waals surface area contributed by atoms with E-state index in [-0.39, 0.29) is 24.9 Å². The minimum absolute atomic E-state index is 0.105. The van der Waals surface area contributed by atoms with Gasteiger partial charge in [0, 0.05) is 22.8 Å². The van der Waals surface area contributed by atoms with Crippen molar-refractivity contribution in [2.45, 2.75) is 6.92 Å². The third-order valence-electron chi connectivity index (χ3n) is 5.07. The molecule has 0 atom stereocenters. The number of hydrogen-bond donors (Lipinski definition) is 2. The Morgan fingerprint density at radius 3 is 2.39 bits per heavy atom. The first-order valence-electron chi connectivity index (χ1n) is 10.3. The van der Waals surface area contributed by atoms with Crippen LogP contribution in [0, 0.1) is 0 Å². The van der Waals surface area contributed by atoms with Crippen molar-refractivity contribution in [1.82, 2.24) is 4.90 Å². The molecule has 0 aliphatic carbocycles. The molecule has 0 saturated carbocycles. The van der Waals surface area contributed by atoms with Crippen LogP contribution >= 0.6 is 0 Å². The van der Waals surface area contributed by atoms with Gasteiger partial charge in [0.05, 0.1) is 13.1 Å². The van der Waals surface area contributed by atoms with Crippen LogP contribution in [0.5, 0.6) is 11.5 Å². The lowest BCUT2D eigenvalue weighted by Crippen LogP contribution is -2.38. The summed E-state index contributed by atoms with van der Waals surface area (Å²) in [7, 11) is 0. The van der Waals surface area contributed by atoms with Crippen LogP contribution in [-0.2, 0) is 9.59 Å². The minimum atomic E-state index is -0.198. The second-order valence-electron chi connectivity index (χ2n) is 7.28. The van der Waals surface area contributed by atoms with E-state index in [0.29, 0.717) is 36.9 Å². The second-order valence-corrected chi connectivity index (χ2v) is 7.28. The van der Waals surface area contributed by atoms with Crippen LogP contribution in [0.4, 0.5) is 11.4 Å². The number of ether oxygens (including phenoxy) is 2. The molecule has 0 spiro atoms. The topological polar surface area (TPSA) is 79.9 Å². The molecule has 0 bridgehead atoms. The lowest BCUT2D eigenvalue weighted by atomic mass is 10.1. The number of nitrogens with zero attached hydrogens (tertiary/aromatic N) is 1. The molecule has 0 saturated heterocycles. The molecule has 1 heterocycles. The zero-order valence-corrected chi connectivity index (χ0v) is 17.4. The van der Waals surface area contributed by atoms with Crippen LogP contribution in [0.3, 0.4) is 0 Å². The van der Waals surface area contributed by atoms with Crippen molar-refractivity contribution < 1.29 is 19.1 Å². The van der Waals surface area contributed by atoms with Gasteiger partial charge in [-0.25, -0.2) is 0 Å². The Bertz CT molecular complexity index is 1090. The highest BCUT2D eigenvalue weighted by Gasteiger charge is 2.16. The molecule has 4 rings (SSSR count). The molecule has 1 aliphatic rings. The van der Waals surface area contributed by atoms with Gasteiger partial charge in [0.15, 0.2) is 11.5 Å². The molecule has 160 valence electrons. The van der Waals surface area contributed by atoms with E-state index in [4.69, 9.17) is 9.47 Å². The summed E-state index contributed by atoms with van der Waals surface area (Å²) in [5.41, 5.74) is 1.39. The maximum absolute atomic E-state index is 12.6. The average molecular weight is 419 g/mol. The van der Waals surface area contributed by atoms with Gasteiger partial charge in [-0.05, 0) is 30.1 Å². The van der Waals surface area contributed by atoms with E-state index in [1.165, 1.54) is 0 Å². The monoisotopic (exact) mass is 419 g/mol. The number of likely N-dealkylation sites (N-methyl/N-ethyl adjacent to an activating group) is 1. The number of fused-ring (bicyclic) bond motifs is 2. The van der Waals surface area contributed by atoms with Crippen molar-refractivity contribution in [2.75, 3.05) is 43.5 Å². The molecule has 31 heavy (non-hydrogen) atoms. The van der Waals surface area contributed by atoms with E-state index in [0.717, 1.165) is 16.5 Å². The van der Waals surface area contributed by atoms with Crippen molar-refractivity contribution in [3.05, 3.63) is 60.7 Å². The lowest BCUT2D eigenvalue weighted by Gasteiger charge is -2.21. The van der Waals surface area contributed by atoms with E-state index in [2.05, 4.69) is 10.6 Å². The standard InChI is InChI=1S/C24H25N3O4/c1-2-27(15-23(28)25-18-10-11-21-22(14-18)31-13-12-30-21)16-24(29)26-20-9-5-7-17-6-3-4-8-19(17)20/h3-11,14H,2,12-13,15-16H2,1H3,(H,25,28)(H,26,29). The van der Waals surface area contributed by atoms with Crippen molar-refractivity contribution in [2.24, 2.45) is 0 Å². The quantitative estimate of drug-likeness (QED) is 0.613. The SMILES string of the molecule is CCN(CC(=O)Nc1ccc2c(c1)OCCO2)CC(=O)Nc1cccc2ccccc12. The van der Waals surface area contributed by atoms with Crippen LogP contribution < -0.4 is 20.1 Å². The molecule has 3 aromatic carbocycles. The zero-order valence-electron chi connectivity index (χ0n) is 17.4. The number of carbonyl (C=O) groups excluding carboxylic acids is 2. The van der Waals surface area contributed by atoms with Crippen LogP contribution in [0.25, 0.3) is 10.8 Å². The van der Waals surface area contributed by atoms with Gasteiger partial charge in [-0.1, -0.05) is 43.3 Å². The molecule has 0 unspecified atom stereocenters. The van der Waals surface area contributed by atoms with E-state index in [1.54, 1.807) is 23.1 Å². The first-order valence-corrected chi connectivity index (χ1v) is 10.3. The Morgan fingerprint density at radius 1 is 0.871 bits per heavy atom. The third-order valence-corrected chi connectivity index (χ3v) is 5.07. The number of amides is 2. The van der Waals surface area contributed by atoms with Gasteiger partial charge >= 0.3 is 0 Å². The fraction of sp³-hybridized carbons (Fsp3) is 0.250. The van der Waals surface area contributed by atoms with E-state index >= 15 is 0 Å². The molecule has 7 heteroatoms. The molecule has 0 radical (unpaired) electrons. The van der Waals surface area contributed by atoms with Gasteiger partial charge in [-0.2, -0.15) is 0 Å². The van der Waals surface area contributed by atoms with Crippen LogP contribution in [0.2, 0.25) is 0 Å². The predicted molar refractivity (Wildman–Crippen MR) is 121 cm³/mol. The van der Waals surface area contributed by atoms with E-state index in [1.807, 2.05) is 49.4 Å². The number of benzene rings is 3. The van der Waals surface area contributed by atoms with Crippen LogP contribution in [0.15, 0.2) is 60.7 Å². The van der Waals surface area contributed by atoms with Crippen LogP contribution in [0.1, 0.15) is 6.92 Å². The molecule has 3 aromatic rings. The fourth-order valence-electron chi connectivity index (χ4n) is 3.53. The largest absolute Gasteiger partial charge is 0.486 e. The van der Waals surface area contributed by atoms with Crippen molar-refractivity contribution in [3.63, 3.8) is 0 Å². The molecule has 1 aliphatic heterocycles. The van der Waals surface area contributed by atoms with Crippen molar-refractivity contribution >= 4 is 34.0 Å². The lowest BCUT2D eigenvalue weighted by molar-refractivity contribution is -0.119. The molecule has 7 nitrogen and oxygen atoms in total. The summed E-state index contributed by atoms with van der Waals surface area (Å²) in [6.07, 6.45) is 0. The van der Waals surface area contributed by atoms with Gasteiger partial charge in [0.25, 0.3) is 0 Å². The predicted octanol–water partition coefficient (Wildman–Crippen LogP) is 3.51. The molecular formula is C24H25N3O4. The van der Waals surface area contributed by atoms with Crippen LogP contribution in [-0.4, -0.2) is 49.6 Å². The Kier molecular flexibility index (Phi) is 6.33. The number of rotatable bonds is 7. The summed E-state index contributed by atoms with van der Waals surface area (Å²) in [5.74, 6) is 0.928. The van der Waals surface area contributed by atoms with Gasteiger partial charge in [0.1, 0.15) is 13.2 Å². The van der Waals surface area contributed by atoms with Gasteiger partial charge < -0.3 is 20.1 Å². The Hall–Kier alpha value is -3.58. The highest BCUT2D eigenvalue weighted by atomic mass is 16.6. The smallest absolute Gasteiger partial charge is 0.238 e. The Balaban J connectivity index is 1.34. The maximum Gasteiger partial charge on any atom is 0.238 e. The maximum atomic E-state index is 12.6. The summed E-state index contributed by atoms with van der Waals surface area (Å²) in [5, 5.41) is 7.87. The summed E-state index contributed by atoms with van der Waals surface area (Å²) < 4.78 is 11.0. The summed E-state index contributed by atoms with van der Waals surface area (Å²) in [6, 6.07) is 19.0. The summed E-state index contributed by atoms with van der Waals surface area (Å²) in [4.78, 5) is 26.9. The molecule has 2 N–H and O–H groups in total. The number of hydrogen-bond acceptors (Lipinski definition) is 5. The highest BCUT2D eigenvalue weighted by Crippen LogP contribution is 2.32. The third kappa shape index (κ3) is 5.13. The number of anilines is 2. The first kappa shape index (κ1) is 20.7. The zero-order chi connectivity index (χ0) is 21.6. The van der Waals surface area contributed by atoms with E-state index in [9.17, 15) is 9.59 Å². The number of carbonyl (C=O) groups is 2. The summed E-state index contributed by atoms with van der Waals surface area (Å²) in [6.45, 7) is 3.72. The normalized spacial score (nSPS) is 12.6. The van der Waals surface area contributed by atoms with Gasteiger partial charge in [0.2, 0.25) is 11.8 Å². The van der Waals surface area contributed by atoms with Crippen molar-refractivity contribution in [3.8, 4) is 11.5 Å². The first-order chi connectivity index (χ1) is 15.1. The second kappa shape index (κ2) is 9.49. The van der Waals surface area contributed by atoms with E-state index < -0.39 is 0 Å². The highest BCUT2D eigenvalue weighted by molar-refractivity contribution is 6.03. The van der Waals surface area contributed by atoms with Crippen molar-refractivity contribution in [1.29, 1.82) is 0 Å². The fourth-order valence-corrected chi connectivity index (χ4v) is 3.53. The molecule has 0 aromatic heterocycles.